The Morgan fingerprint density at radius 1 is 1.53 bits per heavy atom. The standard InChI is InChI=1S/C14H21ClN2O2/c1-3-4-11(5-7-15)9-17-14(18)12-6-8-16-10-13(12)19-2/h6,8,10-11H,3-5,7,9H2,1-2H3,(H,17,18). The van der Waals surface area contributed by atoms with Crippen molar-refractivity contribution in [2.45, 2.75) is 26.2 Å². The van der Waals surface area contributed by atoms with Crippen molar-refractivity contribution in [1.82, 2.24) is 10.3 Å². The van der Waals surface area contributed by atoms with Gasteiger partial charge in [0.2, 0.25) is 0 Å². The van der Waals surface area contributed by atoms with Crippen LogP contribution in [0.1, 0.15) is 36.5 Å². The Kier molecular flexibility index (Phi) is 7.26. The van der Waals surface area contributed by atoms with Gasteiger partial charge in [-0.2, -0.15) is 0 Å². The molecule has 1 aromatic rings. The van der Waals surface area contributed by atoms with Gasteiger partial charge in [-0.15, -0.1) is 11.6 Å². The van der Waals surface area contributed by atoms with E-state index in [4.69, 9.17) is 16.3 Å². The number of amides is 1. The number of aromatic nitrogens is 1. The molecule has 0 bridgehead atoms. The van der Waals surface area contributed by atoms with E-state index in [9.17, 15) is 4.79 Å². The number of carbonyl (C=O) groups is 1. The smallest absolute Gasteiger partial charge is 0.255 e. The lowest BCUT2D eigenvalue weighted by molar-refractivity contribution is 0.0942. The number of hydrogen-bond acceptors (Lipinski definition) is 3. The zero-order chi connectivity index (χ0) is 14.1. The molecule has 0 saturated carbocycles. The fourth-order valence-corrected chi connectivity index (χ4v) is 2.28. The molecule has 0 radical (unpaired) electrons. The number of methoxy groups -OCH3 is 1. The average molecular weight is 285 g/mol. The van der Waals surface area contributed by atoms with E-state index >= 15 is 0 Å². The van der Waals surface area contributed by atoms with E-state index < -0.39 is 0 Å². The van der Waals surface area contributed by atoms with Crippen LogP contribution in [-0.2, 0) is 0 Å². The normalized spacial score (nSPS) is 11.9. The zero-order valence-corrected chi connectivity index (χ0v) is 12.2. The highest BCUT2D eigenvalue weighted by atomic mass is 35.5. The fraction of sp³-hybridized carbons (Fsp3) is 0.571. The molecule has 1 rings (SSSR count). The summed E-state index contributed by atoms with van der Waals surface area (Å²) >= 11 is 5.77. The van der Waals surface area contributed by atoms with E-state index in [0.717, 1.165) is 19.3 Å². The van der Waals surface area contributed by atoms with Crippen molar-refractivity contribution in [2.24, 2.45) is 5.92 Å². The largest absolute Gasteiger partial charge is 0.494 e. The van der Waals surface area contributed by atoms with E-state index in [-0.39, 0.29) is 5.91 Å². The molecule has 1 aromatic heterocycles. The van der Waals surface area contributed by atoms with E-state index in [1.165, 1.54) is 13.3 Å². The summed E-state index contributed by atoms with van der Waals surface area (Å²) in [7, 11) is 1.53. The lowest BCUT2D eigenvalue weighted by atomic mass is 10.0. The van der Waals surface area contributed by atoms with Crippen molar-refractivity contribution >= 4 is 17.5 Å². The molecule has 19 heavy (non-hydrogen) atoms. The third kappa shape index (κ3) is 5.07. The molecule has 0 fully saturated rings. The van der Waals surface area contributed by atoms with Gasteiger partial charge in [-0.1, -0.05) is 13.3 Å². The zero-order valence-electron chi connectivity index (χ0n) is 11.5. The van der Waals surface area contributed by atoms with Crippen LogP contribution in [0.25, 0.3) is 0 Å². The monoisotopic (exact) mass is 284 g/mol. The van der Waals surface area contributed by atoms with Crippen molar-refractivity contribution < 1.29 is 9.53 Å². The van der Waals surface area contributed by atoms with Gasteiger partial charge in [0.25, 0.3) is 5.91 Å². The summed E-state index contributed by atoms with van der Waals surface area (Å²) in [6.07, 6.45) is 6.20. The van der Waals surface area contributed by atoms with E-state index in [2.05, 4.69) is 17.2 Å². The molecule has 0 aliphatic heterocycles. The number of rotatable bonds is 8. The highest BCUT2D eigenvalue weighted by molar-refractivity contribution is 6.17. The Labute approximate surface area is 119 Å². The maximum Gasteiger partial charge on any atom is 0.255 e. The van der Waals surface area contributed by atoms with Gasteiger partial charge in [-0.25, -0.2) is 0 Å². The quantitative estimate of drug-likeness (QED) is 0.747. The van der Waals surface area contributed by atoms with Crippen LogP contribution in [0.5, 0.6) is 5.75 Å². The minimum Gasteiger partial charge on any atom is -0.494 e. The Morgan fingerprint density at radius 2 is 2.32 bits per heavy atom. The molecule has 4 nitrogen and oxygen atoms in total. The number of pyridine rings is 1. The molecule has 1 heterocycles. The lowest BCUT2D eigenvalue weighted by Crippen LogP contribution is -2.29. The Morgan fingerprint density at radius 3 is 2.95 bits per heavy atom. The average Bonchev–Trinajstić information content (AvgIpc) is 2.44. The highest BCUT2D eigenvalue weighted by Gasteiger charge is 2.14. The Balaban J connectivity index is 2.58. The molecule has 1 N–H and O–H groups in total. The second-order valence-corrected chi connectivity index (χ2v) is 4.80. The van der Waals surface area contributed by atoms with Crippen LogP contribution in [0.4, 0.5) is 0 Å². The molecule has 1 unspecified atom stereocenters. The first-order valence-electron chi connectivity index (χ1n) is 6.55. The second kappa shape index (κ2) is 8.75. The topological polar surface area (TPSA) is 51.2 Å². The summed E-state index contributed by atoms with van der Waals surface area (Å²) in [6, 6.07) is 1.66. The van der Waals surface area contributed by atoms with Crippen LogP contribution in [0.3, 0.4) is 0 Å². The summed E-state index contributed by atoms with van der Waals surface area (Å²) in [4.78, 5) is 16.0. The first-order valence-corrected chi connectivity index (χ1v) is 7.08. The number of carbonyl (C=O) groups excluding carboxylic acids is 1. The lowest BCUT2D eigenvalue weighted by Gasteiger charge is -2.16. The predicted molar refractivity (Wildman–Crippen MR) is 76.9 cm³/mol. The molecule has 0 aliphatic carbocycles. The van der Waals surface area contributed by atoms with E-state index in [1.807, 2.05) is 0 Å². The van der Waals surface area contributed by atoms with Crippen LogP contribution >= 0.6 is 11.6 Å². The van der Waals surface area contributed by atoms with Crippen molar-refractivity contribution in [3.05, 3.63) is 24.0 Å². The number of hydrogen-bond donors (Lipinski definition) is 1. The number of nitrogens with one attached hydrogen (secondary N) is 1. The molecular formula is C14H21ClN2O2. The van der Waals surface area contributed by atoms with Crippen LogP contribution < -0.4 is 10.1 Å². The summed E-state index contributed by atoms with van der Waals surface area (Å²) in [5, 5.41) is 2.94. The Bertz CT molecular complexity index is 393. The van der Waals surface area contributed by atoms with Crippen molar-refractivity contribution in [2.75, 3.05) is 19.5 Å². The van der Waals surface area contributed by atoms with E-state index in [0.29, 0.717) is 29.7 Å². The van der Waals surface area contributed by atoms with Crippen molar-refractivity contribution in [3.63, 3.8) is 0 Å². The maximum atomic E-state index is 12.1. The third-order valence-corrected chi connectivity index (χ3v) is 3.23. The molecular weight excluding hydrogens is 264 g/mol. The Hall–Kier alpha value is -1.29. The van der Waals surface area contributed by atoms with Gasteiger partial charge < -0.3 is 10.1 Å². The summed E-state index contributed by atoms with van der Waals surface area (Å²) in [5.41, 5.74) is 0.513. The maximum absolute atomic E-state index is 12.1. The van der Waals surface area contributed by atoms with Crippen LogP contribution in [0.2, 0.25) is 0 Å². The van der Waals surface area contributed by atoms with Crippen molar-refractivity contribution in [3.8, 4) is 5.75 Å². The number of alkyl halides is 1. The highest BCUT2D eigenvalue weighted by Crippen LogP contribution is 2.16. The molecule has 0 spiro atoms. The fourth-order valence-electron chi connectivity index (χ4n) is 1.97. The predicted octanol–water partition coefficient (Wildman–Crippen LogP) is 2.87. The van der Waals surface area contributed by atoms with E-state index in [1.54, 1.807) is 12.3 Å². The second-order valence-electron chi connectivity index (χ2n) is 4.42. The minimum atomic E-state index is -0.130. The number of ether oxygens (including phenoxy) is 1. The molecule has 1 atom stereocenters. The van der Waals surface area contributed by atoms with Gasteiger partial charge in [0.1, 0.15) is 5.75 Å². The van der Waals surface area contributed by atoms with Gasteiger partial charge in [-0.05, 0) is 24.8 Å². The van der Waals surface area contributed by atoms with Gasteiger partial charge in [0, 0.05) is 18.6 Å². The third-order valence-electron chi connectivity index (χ3n) is 3.01. The van der Waals surface area contributed by atoms with Crippen LogP contribution in [0.15, 0.2) is 18.5 Å². The first kappa shape index (κ1) is 15.8. The minimum absolute atomic E-state index is 0.130. The van der Waals surface area contributed by atoms with Crippen molar-refractivity contribution in [1.29, 1.82) is 0 Å². The summed E-state index contributed by atoms with van der Waals surface area (Å²) in [5.74, 6) is 1.41. The molecule has 0 saturated heterocycles. The summed E-state index contributed by atoms with van der Waals surface area (Å²) < 4.78 is 5.12. The van der Waals surface area contributed by atoms with Gasteiger partial charge in [0.15, 0.2) is 0 Å². The molecule has 0 aromatic carbocycles. The number of nitrogens with zero attached hydrogens (tertiary/aromatic N) is 1. The van der Waals surface area contributed by atoms with Gasteiger partial charge in [-0.3, -0.25) is 9.78 Å². The molecule has 0 aliphatic rings. The van der Waals surface area contributed by atoms with Gasteiger partial charge >= 0.3 is 0 Å². The molecule has 106 valence electrons. The molecule has 1 amide bonds. The first-order chi connectivity index (χ1) is 9.22. The molecule has 5 heteroatoms. The SMILES string of the molecule is CCCC(CCCl)CNC(=O)c1ccncc1OC. The van der Waals surface area contributed by atoms with Gasteiger partial charge in [0.05, 0.1) is 18.9 Å². The summed E-state index contributed by atoms with van der Waals surface area (Å²) in [6.45, 7) is 2.78. The number of halogens is 1. The van der Waals surface area contributed by atoms with Crippen LogP contribution in [-0.4, -0.2) is 30.4 Å². The van der Waals surface area contributed by atoms with Crippen LogP contribution in [0, 0.1) is 5.92 Å².